The number of nitrogens with zero attached hydrogens (tertiary/aromatic N) is 2. The number of benzene rings is 2. The third-order valence-corrected chi connectivity index (χ3v) is 5.43. The minimum absolute atomic E-state index is 0.00300. The molecule has 0 atom stereocenters. The van der Waals surface area contributed by atoms with E-state index in [0.717, 1.165) is 34.1 Å². The highest BCUT2D eigenvalue weighted by Gasteiger charge is 2.26. The summed E-state index contributed by atoms with van der Waals surface area (Å²) >= 11 is 1.69. The monoisotopic (exact) mass is 364 g/mol. The van der Waals surface area contributed by atoms with Gasteiger partial charge in [-0.1, -0.05) is 30.3 Å². The predicted molar refractivity (Wildman–Crippen MR) is 105 cm³/mol. The summed E-state index contributed by atoms with van der Waals surface area (Å²) in [6.45, 7) is 4.82. The van der Waals surface area contributed by atoms with Gasteiger partial charge in [-0.25, -0.2) is 4.98 Å². The molecule has 2 aromatic carbocycles. The number of hydrogen-bond donors (Lipinski definition) is 0. The van der Waals surface area contributed by atoms with Crippen LogP contribution in [-0.2, 0) is 11.2 Å². The van der Waals surface area contributed by atoms with Crippen molar-refractivity contribution in [3.05, 3.63) is 64.0 Å². The summed E-state index contributed by atoms with van der Waals surface area (Å²) in [6.07, 6.45) is 0.811. The van der Waals surface area contributed by atoms with Gasteiger partial charge in [0, 0.05) is 17.0 Å². The van der Waals surface area contributed by atoms with Crippen LogP contribution in [0, 0.1) is 13.8 Å². The second-order valence-electron chi connectivity index (χ2n) is 6.39. The first kappa shape index (κ1) is 16.8. The fourth-order valence-electron chi connectivity index (χ4n) is 3.28. The molecular formula is C21H20N2O2S. The van der Waals surface area contributed by atoms with E-state index in [1.807, 2.05) is 48.2 Å². The number of ether oxygens (including phenoxy) is 1. The van der Waals surface area contributed by atoms with Crippen LogP contribution in [0.4, 0.5) is 5.69 Å². The zero-order valence-electron chi connectivity index (χ0n) is 14.9. The Morgan fingerprint density at radius 1 is 1.15 bits per heavy atom. The van der Waals surface area contributed by atoms with Crippen molar-refractivity contribution in [2.75, 3.05) is 18.1 Å². The number of aromatic nitrogens is 1. The molecule has 1 aliphatic rings. The fraction of sp³-hybridized carbons (Fsp3) is 0.238. The highest BCUT2D eigenvalue weighted by molar-refractivity contribution is 7.11. The maximum absolute atomic E-state index is 12.5. The first-order chi connectivity index (χ1) is 12.6. The van der Waals surface area contributed by atoms with Crippen LogP contribution in [0.3, 0.4) is 0 Å². The van der Waals surface area contributed by atoms with E-state index in [1.54, 1.807) is 11.3 Å². The van der Waals surface area contributed by atoms with Crippen molar-refractivity contribution < 1.29 is 9.53 Å². The average molecular weight is 364 g/mol. The number of carbonyl (C=O) groups is 1. The van der Waals surface area contributed by atoms with Gasteiger partial charge in [-0.3, -0.25) is 4.79 Å². The lowest BCUT2D eigenvalue weighted by Crippen LogP contribution is -2.40. The molecule has 5 heteroatoms. The van der Waals surface area contributed by atoms with Crippen LogP contribution in [0.5, 0.6) is 5.75 Å². The number of carbonyl (C=O) groups excluding carboxylic acids is 1. The molecule has 0 unspecified atom stereocenters. The van der Waals surface area contributed by atoms with Gasteiger partial charge in [0.2, 0.25) is 0 Å². The van der Waals surface area contributed by atoms with Crippen LogP contribution in [0.2, 0.25) is 0 Å². The highest BCUT2D eigenvalue weighted by Crippen LogP contribution is 2.37. The van der Waals surface area contributed by atoms with Crippen LogP contribution in [0.15, 0.2) is 48.5 Å². The third-order valence-electron chi connectivity index (χ3n) is 4.55. The molecule has 1 aliphatic heterocycles. The molecule has 1 aromatic heterocycles. The Labute approximate surface area is 157 Å². The van der Waals surface area contributed by atoms with Crippen molar-refractivity contribution in [1.29, 1.82) is 0 Å². The molecule has 4 rings (SSSR count). The van der Waals surface area contributed by atoms with E-state index < -0.39 is 0 Å². The minimum Gasteiger partial charge on any atom is -0.482 e. The molecular weight excluding hydrogens is 344 g/mol. The van der Waals surface area contributed by atoms with Crippen molar-refractivity contribution in [2.45, 2.75) is 20.3 Å². The SMILES string of the molecule is Cc1nc(-c2ccc3c(c2)N(CCc2ccccc2)C(=O)CO3)c(C)s1. The van der Waals surface area contributed by atoms with E-state index in [9.17, 15) is 4.79 Å². The molecule has 0 saturated carbocycles. The summed E-state index contributed by atoms with van der Waals surface area (Å²) < 4.78 is 5.64. The van der Waals surface area contributed by atoms with Gasteiger partial charge in [0.25, 0.3) is 5.91 Å². The van der Waals surface area contributed by atoms with Crippen LogP contribution < -0.4 is 9.64 Å². The van der Waals surface area contributed by atoms with E-state index in [1.165, 1.54) is 10.4 Å². The van der Waals surface area contributed by atoms with Crippen LogP contribution >= 0.6 is 11.3 Å². The lowest BCUT2D eigenvalue weighted by atomic mass is 10.1. The summed E-state index contributed by atoms with van der Waals surface area (Å²) in [6, 6.07) is 16.2. The highest BCUT2D eigenvalue weighted by atomic mass is 32.1. The number of hydrogen-bond acceptors (Lipinski definition) is 4. The van der Waals surface area contributed by atoms with E-state index in [4.69, 9.17) is 4.74 Å². The first-order valence-electron chi connectivity index (χ1n) is 8.67. The van der Waals surface area contributed by atoms with Crippen molar-refractivity contribution in [1.82, 2.24) is 4.98 Å². The topological polar surface area (TPSA) is 42.4 Å². The van der Waals surface area contributed by atoms with Crippen molar-refractivity contribution in [3.8, 4) is 17.0 Å². The molecule has 0 fully saturated rings. The quantitative estimate of drug-likeness (QED) is 0.689. The second kappa shape index (κ2) is 6.92. The van der Waals surface area contributed by atoms with Gasteiger partial charge in [0.05, 0.1) is 16.4 Å². The van der Waals surface area contributed by atoms with Crippen molar-refractivity contribution >= 4 is 22.9 Å². The van der Waals surface area contributed by atoms with E-state index in [2.05, 4.69) is 24.0 Å². The van der Waals surface area contributed by atoms with Crippen LogP contribution in [-0.4, -0.2) is 24.0 Å². The minimum atomic E-state index is -0.00300. The summed E-state index contributed by atoms with van der Waals surface area (Å²) in [5.74, 6) is 0.753. The zero-order chi connectivity index (χ0) is 18.1. The molecule has 2 heterocycles. The van der Waals surface area contributed by atoms with Gasteiger partial charge in [-0.2, -0.15) is 0 Å². The molecule has 3 aromatic rings. The van der Waals surface area contributed by atoms with Gasteiger partial charge in [0.1, 0.15) is 5.75 Å². The Hall–Kier alpha value is -2.66. The average Bonchev–Trinajstić information content (AvgIpc) is 2.99. The smallest absolute Gasteiger partial charge is 0.265 e. The standard InChI is InChI=1S/C21H20N2O2S/c1-14-21(22-15(2)26-14)17-8-9-19-18(12-17)23(20(24)13-25-19)11-10-16-6-4-3-5-7-16/h3-9,12H,10-11,13H2,1-2H3. The molecule has 0 aliphatic carbocycles. The lowest BCUT2D eigenvalue weighted by molar-refractivity contribution is -0.121. The number of anilines is 1. The van der Waals surface area contributed by atoms with Gasteiger partial charge in [-0.15, -0.1) is 11.3 Å². The first-order valence-corrected chi connectivity index (χ1v) is 9.49. The third kappa shape index (κ3) is 3.22. The Kier molecular flexibility index (Phi) is 4.47. The summed E-state index contributed by atoms with van der Waals surface area (Å²) in [4.78, 5) is 20.1. The van der Waals surface area contributed by atoms with Crippen molar-refractivity contribution in [2.24, 2.45) is 0 Å². The number of thiazole rings is 1. The van der Waals surface area contributed by atoms with Gasteiger partial charge in [-0.05, 0) is 44.0 Å². The zero-order valence-corrected chi connectivity index (χ0v) is 15.7. The maximum Gasteiger partial charge on any atom is 0.265 e. The Morgan fingerprint density at radius 2 is 1.96 bits per heavy atom. The van der Waals surface area contributed by atoms with E-state index in [0.29, 0.717) is 6.54 Å². The summed E-state index contributed by atoms with van der Waals surface area (Å²) in [7, 11) is 0. The number of aryl methyl sites for hydroxylation is 2. The molecule has 132 valence electrons. The number of rotatable bonds is 4. The van der Waals surface area contributed by atoms with Crippen LogP contribution in [0.25, 0.3) is 11.3 Å². The van der Waals surface area contributed by atoms with E-state index >= 15 is 0 Å². The Bertz CT molecular complexity index is 950. The fourth-order valence-corrected chi connectivity index (χ4v) is 4.12. The largest absolute Gasteiger partial charge is 0.482 e. The summed E-state index contributed by atoms with van der Waals surface area (Å²) in [5.41, 5.74) is 4.06. The Balaban J connectivity index is 1.66. The molecule has 0 N–H and O–H groups in total. The summed E-state index contributed by atoms with van der Waals surface area (Å²) in [5, 5.41) is 1.04. The van der Waals surface area contributed by atoms with Crippen molar-refractivity contribution in [3.63, 3.8) is 0 Å². The van der Waals surface area contributed by atoms with E-state index in [-0.39, 0.29) is 12.5 Å². The van der Waals surface area contributed by atoms with Gasteiger partial charge < -0.3 is 9.64 Å². The lowest BCUT2D eigenvalue weighted by Gasteiger charge is -2.30. The predicted octanol–water partition coefficient (Wildman–Crippen LogP) is 4.40. The normalized spacial score (nSPS) is 13.5. The van der Waals surface area contributed by atoms with Gasteiger partial charge in [0.15, 0.2) is 6.61 Å². The van der Waals surface area contributed by atoms with Crippen LogP contribution in [0.1, 0.15) is 15.4 Å². The molecule has 0 bridgehead atoms. The Morgan fingerprint density at radius 3 is 2.69 bits per heavy atom. The maximum atomic E-state index is 12.5. The van der Waals surface area contributed by atoms with Gasteiger partial charge >= 0.3 is 0 Å². The number of amides is 1. The molecule has 0 spiro atoms. The molecule has 1 amide bonds. The second-order valence-corrected chi connectivity index (χ2v) is 7.80. The molecule has 0 radical (unpaired) electrons. The molecule has 4 nitrogen and oxygen atoms in total. The number of fused-ring (bicyclic) bond motifs is 1. The molecule has 26 heavy (non-hydrogen) atoms. The molecule has 0 saturated heterocycles.